The van der Waals surface area contributed by atoms with Gasteiger partial charge in [0.15, 0.2) is 0 Å². The highest BCUT2D eigenvalue weighted by Gasteiger charge is 2.44. The summed E-state index contributed by atoms with van der Waals surface area (Å²) in [6, 6.07) is 5.47. The lowest BCUT2D eigenvalue weighted by molar-refractivity contribution is -0.00576. The molecule has 1 aromatic carbocycles. The van der Waals surface area contributed by atoms with Crippen LogP contribution in [0.4, 0.5) is 0 Å². The number of aliphatic hydroxyl groups excluding tert-OH is 1. The summed E-state index contributed by atoms with van der Waals surface area (Å²) in [5.41, 5.74) is 0.604. The van der Waals surface area contributed by atoms with Crippen molar-refractivity contribution in [1.82, 2.24) is 4.90 Å². The molecule has 1 fully saturated rings. The summed E-state index contributed by atoms with van der Waals surface area (Å²) in [4.78, 5) is 2.24. The van der Waals surface area contributed by atoms with Crippen LogP contribution < -0.4 is 4.74 Å². The smallest absolute Gasteiger partial charge is 0.126 e. The first-order valence-electron chi connectivity index (χ1n) is 5.93. The number of benzene rings is 1. The van der Waals surface area contributed by atoms with Gasteiger partial charge in [0.25, 0.3) is 0 Å². The first-order valence-corrected chi connectivity index (χ1v) is 6.31. The fourth-order valence-corrected chi connectivity index (χ4v) is 3.09. The molecule has 1 spiro atoms. The van der Waals surface area contributed by atoms with Crippen LogP contribution in [0.25, 0.3) is 0 Å². The van der Waals surface area contributed by atoms with Gasteiger partial charge in [-0.1, -0.05) is 11.6 Å². The van der Waals surface area contributed by atoms with E-state index >= 15 is 0 Å². The Labute approximate surface area is 106 Å². The standard InChI is InChI=1S/C13H16ClNO2/c1-15-5-4-13(8-15)7-11(16)10-6-9(14)2-3-12(10)17-13/h2-3,6,11,16H,4-5,7-8H2,1H3/t11-,13?/m1/s1. The number of rotatable bonds is 0. The molecule has 4 heteroatoms. The number of fused-ring (bicyclic) bond motifs is 1. The van der Waals surface area contributed by atoms with Crippen LogP contribution in [0.5, 0.6) is 5.75 Å². The summed E-state index contributed by atoms with van der Waals surface area (Å²) in [5, 5.41) is 10.9. The summed E-state index contributed by atoms with van der Waals surface area (Å²) < 4.78 is 6.12. The van der Waals surface area contributed by atoms with Crippen molar-refractivity contribution >= 4 is 11.6 Å². The molecule has 2 aliphatic heterocycles. The Bertz CT molecular complexity index is 451. The molecule has 2 atom stereocenters. The van der Waals surface area contributed by atoms with Gasteiger partial charge >= 0.3 is 0 Å². The highest BCUT2D eigenvalue weighted by Crippen LogP contribution is 2.44. The van der Waals surface area contributed by atoms with Gasteiger partial charge in [0, 0.05) is 36.5 Å². The monoisotopic (exact) mass is 253 g/mol. The molecule has 0 radical (unpaired) electrons. The summed E-state index contributed by atoms with van der Waals surface area (Å²) in [7, 11) is 2.09. The number of halogens is 1. The van der Waals surface area contributed by atoms with Crippen LogP contribution in [0.1, 0.15) is 24.5 Å². The summed E-state index contributed by atoms with van der Waals surface area (Å²) in [6.45, 7) is 1.90. The topological polar surface area (TPSA) is 32.7 Å². The number of likely N-dealkylation sites (tertiary alicyclic amines) is 1. The van der Waals surface area contributed by atoms with Crippen LogP contribution in [0.2, 0.25) is 5.02 Å². The van der Waals surface area contributed by atoms with Gasteiger partial charge < -0.3 is 14.7 Å². The van der Waals surface area contributed by atoms with Crippen LogP contribution in [0.3, 0.4) is 0 Å². The highest BCUT2D eigenvalue weighted by molar-refractivity contribution is 6.30. The van der Waals surface area contributed by atoms with Crippen molar-refractivity contribution < 1.29 is 9.84 Å². The fraction of sp³-hybridized carbons (Fsp3) is 0.538. The van der Waals surface area contributed by atoms with Gasteiger partial charge in [-0.3, -0.25) is 0 Å². The maximum absolute atomic E-state index is 10.2. The van der Waals surface area contributed by atoms with Gasteiger partial charge in [-0.15, -0.1) is 0 Å². The molecule has 3 rings (SSSR count). The van der Waals surface area contributed by atoms with E-state index in [1.807, 2.05) is 12.1 Å². The number of nitrogens with zero attached hydrogens (tertiary/aromatic N) is 1. The molecule has 1 unspecified atom stereocenters. The molecule has 1 saturated heterocycles. The maximum atomic E-state index is 10.2. The van der Waals surface area contributed by atoms with Crippen LogP contribution in [-0.4, -0.2) is 35.7 Å². The van der Waals surface area contributed by atoms with Crippen molar-refractivity contribution in [3.05, 3.63) is 28.8 Å². The Morgan fingerprint density at radius 1 is 1.53 bits per heavy atom. The molecule has 2 aliphatic rings. The lowest BCUT2D eigenvalue weighted by atomic mass is 9.88. The zero-order chi connectivity index (χ0) is 12.0. The normalized spacial score (nSPS) is 32.5. The molecule has 0 saturated carbocycles. The third-order valence-corrected chi connectivity index (χ3v) is 3.96. The van der Waals surface area contributed by atoms with E-state index in [2.05, 4.69) is 11.9 Å². The van der Waals surface area contributed by atoms with Crippen molar-refractivity contribution in [1.29, 1.82) is 0 Å². The van der Waals surface area contributed by atoms with Crippen molar-refractivity contribution in [2.75, 3.05) is 20.1 Å². The minimum absolute atomic E-state index is 0.213. The number of ether oxygens (including phenoxy) is 1. The van der Waals surface area contributed by atoms with Crippen molar-refractivity contribution in [2.24, 2.45) is 0 Å². The van der Waals surface area contributed by atoms with Gasteiger partial charge in [0.05, 0.1) is 6.10 Å². The number of hydrogen-bond acceptors (Lipinski definition) is 3. The molecule has 2 heterocycles. The lowest BCUT2D eigenvalue weighted by Crippen LogP contribution is -2.43. The van der Waals surface area contributed by atoms with Gasteiger partial charge in [0.1, 0.15) is 11.4 Å². The summed E-state index contributed by atoms with van der Waals surface area (Å²) in [5.74, 6) is 0.781. The molecule has 0 aromatic heterocycles. The quantitative estimate of drug-likeness (QED) is 0.770. The van der Waals surface area contributed by atoms with E-state index in [9.17, 15) is 5.11 Å². The van der Waals surface area contributed by atoms with E-state index in [1.54, 1.807) is 6.07 Å². The van der Waals surface area contributed by atoms with E-state index in [4.69, 9.17) is 16.3 Å². The third-order valence-electron chi connectivity index (χ3n) is 3.73. The SMILES string of the molecule is CN1CCC2(C[C@@H](O)c3cc(Cl)ccc3O2)C1. The molecule has 0 amide bonds. The zero-order valence-electron chi connectivity index (χ0n) is 9.82. The van der Waals surface area contributed by atoms with E-state index in [0.717, 1.165) is 30.8 Å². The zero-order valence-corrected chi connectivity index (χ0v) is 10.6. The second-order valence-corrected chi connectivity index (χ2v) is 5.61. The molecule has 3 nitrogen and oxygen atoms in total. The molecular weight excluding hydrogens is 238 g/mol. The van der Waals surface area contributed by atoms with E-state index in [0.29, 0.717) is 11.4 Å². The van der Waals surface area contributed by atoms with E-state index < -0.39 is 6.10 Å². The van der Waals surface area contributed by atoms with E-state index in [1.165, 1.54) is 0 Å². The van der Waals surface area contributed by atoms with Crippen molar-refractivity contribution in [3.63, 3.8) is 0 Å². The Morgan fingerprint density at radius 3 is 3.06 bits per heavy atom. The van der Waals surface area contributed by atoms with E-state index in [-0.39, 0.29) is 5.60 Å². The Morgan fingerprint density at radius 2 is 2.35 bits per heavy atom. The number of hydrogen-bond donors (Lipinski definition) is 1. The van der Waals surface area contributed by atoms with Gasteiger partial charge in [-0.05, 0) is 25.2 Å². The predicted octanol–water partition coefficient (Wildman–Crippen LogP) is 2.23. The predicted molar refractivity (Wildman–Crippen MR) is 66.5 cm³/mol. The van der Waals surface area contributed by atoms with Gasteiger partial charge in [-0.25, -0.2) is 0 Å². The van der Waals surface area contributed by atoms with Gasteiger partial charge in [0.2, 0.25) is 0 Å². The molecular formula is C13H16ClNO2. The summed E-state index contributed by atoms with van der Waals surface area (Å²) in [6.07, 6.45) is 1.16. The molecule has 1 N–H and O–H groups in total. The average molecular weight is 254 g/mol. The second-order valence-electron chi connectivity index (χ2n) is 5.17. The minimum Gasteiger partial charge on any atom is -0.485 e. The van der Waals surface area contributed by atoms with Crippen LogP contribution in [0, 0.1) is 0 Å². The van der Waals surface area contributed by atoms with Crippen molar-refractivity contribution in [2.45, 2.75) is 24.5 Å². The number of likely N-dealkylation sites (N-methyl/N-ethyl adjacent to an activating group) is 1. The molecule has 1 aromatic rings. The Kier molecular flexibility index (Phi) is 2.58. The second kappa shape index (κ2) is 3.87. The maximum Gasteiger partial charge on any atom is 0.126 e. The fourth-order valence-electron chi connectivity index (χ4n) is 2.90. The lowest BCUT2D eigenvalue weighted by Gasteiger charge is -2.38. The Balaban J connectivity index is 1.96. The minimum atomic E-state index is -0.469. The van der Waals surface area contributed by atoms with Gasteiger partial charge in [-0.2, -0.15) is 0 Å². The van der Waals surface area contributed by atoms with Crippen LogP contribution in [-0.2, 0) is 0 Å². The summed E-state index contributed by atoms with van der Waals surface area (Å²) >= 11 is 5.94. The molecule has 0 bridgehead atoms. The molecule has 92 valence electrons. The average Bonchev–Trinajstić information content (AvgIpc) is 2.61. The molecule has 0 aliphatic carbocycles. The first-order chi connectivity index (χ1) is 8.08. The van der Waals surface area contributed by atoms with Crippen LogP contribution in [0.15, 0.2) is 18.2 Å². The molecule has 17 heavy (non-hydrogen) atoms. The Hall–Kier alpha value is -0.770. The number of aliphatic hydroxyl groups is 1. The largest absolute Gasteiger partial charge is 0.485 e. The van der Waals surface area contributed by atoms with Crippen LogP contribution >= 0.6 is 11.6 Å². The highest BCUT2D eigenvalue weighted by atomic mass is 35.5. The first kappa shape index (κ1) is 11.3. The van der Waals surface area contributed by atoms with Crippen molar-refractivity contribution in [3.8, 4) is 5.75 Å². The third kappa shape index (κ3) is 1.92.